The van der Waals surface area contributed by atoms with Gasteiger partial charge in [-0.3, -0.25) is 11.3 Å². The molecule has 0 aliphatic rings. The van der Waals surface area contributed by atoms with E-state index in [1.165, 1.54) is 11.1 Å². The number of hydrazine groups is 1. The third-order valence-corrected chi connectivity index (χ3v) is 3.94. The van der Waals surface area contributed by atoms with E-state index in [1.54, 1.807) is 31.3 Å². The number of benzene rings is 1. The van der Waals surface area contributed by atoms with Crippen LogP contribution in [0.15, 0.2) is 29.2 Å². The predicted molar refractivity (Wildman–Crippen MR) is 72.1 cm³/mol. The molecule has 8 nitrogen and oxygen atoms in total. The van der Waals surface area contributed by atoms with Gasteiger partial charge in [0.15, 0.2) is 15.7 Å². The van der Waals surface area contributed by atoms with Gasteiger partial charge in [-0.15, -0.1) is 10.2 Å². The van der Waals surface area contributed by atoms with Crippen molar-refractivity contribution in [2.24, 2.45) is 12.9 Å². The molecule has 2 aromatic rings. The monoisotopic (exact) mass is 296 g/mol. The van der Waals surface area contributed by atoms with Crippen LogP contribution in [0.4, 0.5) is 0 Å². The lowest BCUT2D eigenvalue weighted by Gasteiger charge is -2.15. The van der Waals surface area contributed by atoms with Crippen LogP contribution >= 0.6 is 0 Å². The second kappa shape index (κ2) is 5.65. The Morgan fingerprint density at radius 2 is 2.20 bits per heavy atom. The van der Waals surface area contributed by atoms with Gasteiger partial charge in [-0.2, -0.15) is 4.80 Å². The van der Waals surface area contributed by atoms with Crippen molar-refractivity contribution >= 4 is 9.84 Å². The third kappa shape index (κ3) is 3.38. The first kappa shape index (κ1) is 14.6. The van der Waals surface area contributed by atoms with Crippen molar-refractivity contribution < 1.29 is 8.42 Å². The lowest BCUT2D eigenvalue weighted by Crippen LogP contribution is -2.30. The number of aromatic nitrogens is 4. The summed E-state index contributed by atoms with van der Waals surface area (Å²) in [6.07, 6.45) is 1.58. The Bertz CT molecular complexity index is 696. The van der Waals surface area contributed by atoms with Crippen molar-refractivity contribution in [1.29, 1.82) is 0 Å². The maximum Gasteiger partial charge on any atom is 0.176 e. The lowest BCUT2D eigenvalue weighted by atomic mass is 10.0. The molecule has 0 amide bonds. The molecule has 9 heteroatoms. The SMILES string of the molecule is Cn1nnc(CC(NN)c2cccc(S(C)(=O)=O)c2)n1. The highest BCUT2D eigenvalue weighted by Gasteiger charge is 2.16. The minimum absolute atomic E-state index is 0.252. The van der Waals surface area contributed by atoms with Gasteiger partial charge in [-0.1, -0.05) is 12.1 Å². The maximum atomic E-state index is 11.6. The van der Waals surface area contributed by atoms with Gasteiger partial charge in [0.2, 0.25) is 0 Å². The highest BCUT2D eigenvalue weighted by molar-refractivity contribution is 7.90. The number of tetrazole rings is 1. The first-order valence-electron chi connectivity index (χ1n) is 5.89. The number of hydrogen-bond donors (Lipinski definition) is 2. The van der Waals surface area contributed by atoms with Crippen molar-refractivity contribution in [3.8, 4) is 0 Å². The smallest absolute Gasteiger partial charge is 0.176 e. The van der Waals surface area contributed by atoms with Crippen LogP contribution in [0.1, 0.15) is 17.4 Å². The van der Waals surface area contributed by atoms with E-state index in [1.807, 2.05) is 0 Å². The van der Waals surface area contributed by atoms with E-state index in [0.29, 0.717) is 12.2 Å². The van der Waals surface area contributed by atoms with Crippen LogP contribution in [0.2, 0.25) is 0 Å². The van der Waals surface area contributed by atoms with Gasteiger partial charge in [0.05, 0.1) is 18.0 Å². The minimum atomic E-state index is -3.25. The van der Waals surface area contributed by atoms with Crippen molar-refractivity contribution in [3.05, 3.63) is 35.7 Å². The number of nitrogens with zero attached hydrogens (tertiary/aromatic N) is 4. The Kier molecular flexibility index (Phi) is 4.12. The van der Waals surface area contributed by atoms with Crippen molar-refractivity contribution in [3.63, 3.8) is 0 Å². The number of rotatable bonds is 5. The molecular weight excluding hydrogens is 280 g/mol. The van der Waals surface area contributed by atoms with Crippen LogP contribution in [-0.4, -0.2) is 34.9 Å². The quantitative estimate of drug-likeness (QED) is 0.557. The summed E-state index contributed by atoms with van der Waals surface area (Å²) in [5.41, 5.74) is 3.40. The van der Waals surface area contributed by atoms with E-state index in [-0.39, 0.29) is 10.9 Å². The van der Waals surface area contributed by atoms with Crippen LogP contribution in [0.3, 0.4) is 0 Å². The number of sulfone groups is 1. The van der Waals surface area contributed by atoms with Gasteiger partial charge in [-0.05, 0) is 22.9 Å². The Hall–Kier alpha value is -1.84. The van der Waals surface area contributed by atoms with Crippen molar-refractivity contribution in [2.45, 2.75) is 17.4 Å². The van der Waals surface area contributed by atoms with E-state index >= 15 is 0 Å². The Morgan fingerprint density at radius 1 is 1.45 bits per heavy atom. The number of nitrogens with two attached hydrogens (primary N) is 1. The van der Waals surface area contributed by atoms with Gasteiger partial charge < -0.3 is 0 Å². The van der Waals surface area contributed by atoms with Gasteiger partial charge in [0.1, 0.15) is 0 Å². The van der Waals surface area contributed by atoms with Gasteiger partial charge in [0.25, 0.3) is 0 Å². The summed E-state index contributed by atoms with van der Waals surface area (Å²) in [5, 5.41) is 11.7. The molecule has 2 rings (SSSR count). The third-order valence-electron chi connectivity index (χ3n) is 2.83. The van der Waals surface area contributed by atoms with E-state index in [0.717, 1.165) is 5.56 Å². The van der Waals surface area contributed by atoms with Crippen LogP contribution in [0, 0.1) is 0 Å². The summed E-state index contributed by atoms with van der Waals surface area (Å²) in [5.74, 6) is 6.06. The van der Waals surface area contributed by atoms with E-state index in [9.17, 15) is 8.42 Å². The van der Waals surface area contributed by atoms with Crippen molar-refractivity contribution in [2.75, 3.05) is 6.26 Å². The Labute approximate surface area is 116 Å². The molecule has 20 heavy (non-hydrogen) atoms. The van der Waals surface area contributed by atoms with Gasteiger partial charge >= 0.3 is 0 Å². The zero-order chi connectivity index (χ0) is 14.8. The molecule has 1 heterocycles. The molecule has 0 saturated carbocycles. The number of hydrogen-bond acceptors (Lipinski definition) is 7. The first-order chi connectivity index (χ1) is 9.40. The molecule has 0 aliphatic carbocycles. The standard InChI is InChI=1S/C11H16N6O2S/c1-17-15-11(14-16-17)7-10(13-12)8-4-3-5-9(6-8)20(2,18)19/h3-6,10,13H,7,12H2,1-2H3. The second-order valence-corrected chi connectivity index (χ2v) is 6.48. The summed E-state index contributed by atoms with van der Waals surface area (Å²) < 4.78 is 23.1. The molecule has 0 saturated heterocycles. The van der Waals surface area contributed by atoms with E-state index in [2.05, 4.69) is 20.8 Å². The lowest BCUT2D eigenvalue weighted by molar-refractivity contribution is 0.535. The average Bonchev–Trinajstić information content (AvgIpc) is 2.81. The fourth-order valence-corrected chi connectivity index (χ4v) is 2.50. The summed E-state index contributed by atoms with van der Waals surface area (Å²) >= 11 is 0. The molecule has 108 valence electrons. The normalized spacial score (nSPS) is 13.3. The highest BCUT2D eigenvalue weighted by atomic mass is 32.2. The van der Waals surface area contributed by atoms with E-state index in [4.69, 9.17) is 5.84 Å². The summed E-state index contributed by atoms with van der Waals surface area (Å²) in [7, 11) is -1.58. The van der Waals surface area contributed by atoms with E-state index < -0.39 is 9.84 Å². The summed E-state index contributed by atoms with van der Waals surface area (Å²) in [4.78, 5) is 1.61. The molecule has 1 unspecified atom stereocenters. The highest BCUT2D eigenvalue weighted by Crippen LogP contribution is 2.19. The fraction of sp³-hybridized carbons (Fsp3) is 0.364. The molecule has 0 bridgehead atoms. The molecule has 1 atom stereocenters. The molecule has 0 spiro atoms. The average molecular weight is 296 g/mol. The van der Waals surface area contributed by atoms with Crippen molar-refractivity contribution in [1.82, 2.24) is 25.6 Å². The molecule has 0 fully saturated rings. The van der Waals surface area contributed by atoms with Crippen LogP contribution in [-0.2, 0) is 23.3 Å². The maximum absolute atomic E-state index is 11.6. The Morgan fingerprint density at radius 3 is 2.75 bits per heavy atom. The molecular formula is C11H16N6O2S. The predicted octanol–water partition coefficient (Wildman–Crippen LogP) is -0.639. The zero-order valence-corrected chi connectivity index (χ0v) is 12.0. The minimum Gasteiger partial charge on any atom is -0.271 e. The molecule has 0 aliphatic heterocycles. The summed E-state index contributed by atoms with van der Waals surface area (Å²) in [6.45, 7) is 0. The number of aryl methyl sites for hydroxylation is 1. The molecule has 3 N–H and O–H groups in total. The van der Waals surface area contributed by atoms with Crippen LogP contribution in [0.5, 0.6) is 0 Å². The zero-order valence-electron chi connectivity index (χ0n) is 11.2. The molecule has 1 aromatic carbocycles. The largest absolute Gasteiger partial charge is 0.271 e. The van der Waals surface area contributed by atoms with Crippen LogP contribution < -0.4 is 11.3 Å². The fourth-order valence-electron chi connectivity index (χ4n) is 1.82. The van der Waals surface area contributed by atoms with Crippen LogP contribution in [0.25, 0.3) is 0 Å². The molecule has 0 radical (unpaired) electrons. The van der Waals surface area contributed by atoms with Gasteiger partial charge in [0, 0.05) is 12.7 Å². The molecule has 1 aromatic heterocycles. The topological polar surface area (TPSA) is 116 Å². The van der Waals surface area contributed by atoms with Gasteiger partial charge in [-0.25, -0.2) is 8.42 Å². The summed E-state index contributed by atoms with van der Waals surface area (Å²) in [6, 6.07) is 6.33. The first-order valence-corrected chi connectivity index (χ1v) is 7.78. The second-order valence-electron chi connectivity index (χ2n) is 4.46. The Balaban J connectivity index is 2.28. The number of nitrogens with one attached hydrogen (secondary N) is 1.